The predicted molar refractivity (Wildman–Crippen MR) is 122 cm³/mol. The van der Waals surface area contributed by atoms with Gasteiger partial charge in [0.25, 0.3) is 11.7 Å². The van der Waals surface area contributed by atoms with Gasteiger partial charge in [-0.15, -0.1) is 0 Å². The minimum atomic E-state index is -0.874. The maximum atomic E-state index is 13.1. The fourth-order valence-corrected chi connectivity index (χ4v) is 3.99. The summed E-state index contributed by atoms with van der Waals surface area (Å²) in [6.45, 7) is 6.48. The van der Waals surface area contributed by atoms with Crippen molar-refractivity contribution in [2.45, 2.75) is 32.7 Å². The van der Waals surface area contributed by atoms with Crippen LogP contribution in [0.4, 0.5) is 5.69 Å². The van der Waals surface area contributed by atoms with Crippen molar-refractivity contribution in [1.82, 2.24) is 0 Å². The van der Waals surface area contributed by atoms with Gasteiger partial charge in [-0.1, -0.05) is 32.0 Å². The molecule has 4 rings (SSSR count). The van der Waals surface area contributed by atoms with Gasteiger partial charge in [-0.05, 0) is 60.9 Å². The minimum Gasteiger partial charge on any atom is -0.507 e. The van der Waals surface area contributed by atoms with Crippen LogP contribution in [0.3, 0.4) is 0 Å². The summed E-state index contributed by atoms with van der Waals surface area (Å²) in [5.41, 5.74) is 1.89. The van der Waals surface area contributed by atoms with Crippen molar-refractivity contribution in [3.05, 3.63) is 89.4 Å². The molecule has 2 heterocycles. The van der Waals surface area contributed by atoms with Crippen LogP contribution in [0.25, 0.3) is 5.76 Å². The summed E-state index contributed by atoms with van der Waals surface area (Å²) >= 11 is 0. The van der Waals surface area contributed by atoms with Crippen molar-refractivity contribution < 1.29 is 23.8 Å². The van der Waals surface area contributed by atoms with Gasteiger partial charge >= 0.3 is 0 Å². The lowest BCUT2D eigenvalue weighted by Crippen LogP contribution is -2.29. The van der Waals surface area contributed by atoms with E-state index in [4.69, 9.17) is 9.15 Å². The number of furan rings is 1. The van der Waals surface area contributed by atoms with E-state index in [1.165, 1.54) is 11.2 Å². The highest BCUT2D eigenvalue weighted by atomic mass is 16.5. The topological polar surface area (TPSA) is 80.0 Å². The third-order valence-electron chi connectivity index (χ3n) is 5.50. The number of carbonyl (C=O) groups is 2. The average molecular weight is 431 g/mol. The Morgan fingerprint density at radius 1 is 1.09 bits per heavy atom. The zero-order chi connectivity index (χ0) is 22.8. The number of aliphatic hydroxyl groups excluding tert-OH is 1. The number of hydrogen-bond acceptors (Lipinski definition) is 5. The molecular formula is C26H25NO5. The lowest BCUT2D eigenvalue weighted by atomic mass is 9.95. The van der Waals surface area contributed by atoms with E-state index < -0.39 is 17.7 Å². The Morgan fingerprint density at radius 2 is 1.84 bits per heavy atom. The number of Topliss-reactive ketones (excluding diaryl/α,β-unsaturated/α-hetero) is 1. The Hall–Kier alpha value is -3.80. The maximum absolute atomic E-state index is 13.1. The largest absolute Gasteiger partial charge is 0.507 e. The number of para-hydroxylation sites is 1. The second-order valence-electron chi connectivity index (χ2n) is 7.86. The van der Waals surface area contributed by atoms with Crippen LogP contribution in [0.2, 0.25) is 0 Å². The summed E-state index contributed by atoms with van der Waals surface area (Å²) in [6, 6.07) is 16.7. The summed E-state index contributed by atoms with van der Waals surface area (Å²) in [5, 5.41) is 11.3. The highest BCUT2D eigenvalue weighted by molar-refractivity contribution is 6.51. The number of ketones is 1. The molecule has 3 aromatic rings. The normalized spacial score (nSPS) is 17.9. The number of ether oxygens (including phenoxy) is 1. The number of hydrogen-bond donors (Lipinski definition) is 1. The van der Waals surface area contributed by atoms with Crippen molar-refractivity contribution in [3.63, 3.8) is 0 Å². The second kappa shape index (κ2) is 8.75. The van der Waals surface area contributed by atoms with Gasteiger partial charge < -0.3 is 14.3 Å². The van der Waals surface area contributed by atoms with Gasteiger partial charge in [0, 0.05) is 11.3 Å². The van der Waals surface area contributed by atoms with Crippen molar-refractivity contribution >= 4 is 23.1 Å². The molecule has 0 bridgehead atoms. The number of nitrogens with zero attached hydrogens (tertiary/aromatic N) is 1. The van der Waals surface area contributed by atoms with Crippen LogP contribution in [0.5, 0.6) is 5.75 Å². The summed E-state index contributed by atoms with van der Waals surface area (Å²) in [4.78, 5) is 27.5. The molecule has 1 saturated heterocycles. The molecule has 1 aromatic heterocycles. The number of aliphatic hydroxyl groups is 1. The molecule has 0 aliphatic carbocycles. The van der Waals surface area contributed by atoms with Crippen molar-refractivity contribution in [2.75, 3.05) is 11.5 Å². The third kappa shape index (κ3) is 3.68. The lowest BCUT2D eigenvalue weighted by Gasteiger charge is -2.23. The van der Waals surface area contributed by atoms with Crippen LogP contribution in [0.1, 0.15) is 49.6 Å². The second-order valence-corrected chi connectivity index (χ2v) is 7.86. The molecule has 1 amide bonds. The molecular weight excluding hydrogens is 406 g/mol. The molecule has 1 aliphatic heterocycles. The van der Waals surface area contributed by atoms with Gasteiger partial charge in [0.15, 0.2) is 0 Å². The van der Waals surface area contributed by atoms with E-state index in [1.54, 1.807) is 54.6 Å². The SMILES string of the molecule is CCOc1ccc(/C(O)=C2/C(=O)C(=O)N(c3ccccc3)C2c2ccco2)cc1C(C)C. The molecule has 164 valence electrons. The third-order valence-corrected chi connectivity index (χ3v) is 5.50. The van der Waals surface area contributed by atoms with Gasteiger partial charge in [-0.2, -0.15) is 0 Å². The van der Waals surface area contributed by atoms with E-state index in [1.807, 2.05) is 26.8 Å². The van der Waals surface area contributed by atoms with Gasteiger partial charge in [0.2, 0.25) is 0 Å². The Balaban J connectivity index is 1.89. The molecule has 0 spiro atoms. The Kier molecular flexibility index (Phi) is 5.86. The van der Waals surface area contributed by atoms with Crippen molar-refractivity contribution in [1.29, 1.82) is 0 Å². The first-order chi connectivity index (χ1) is 15.4. The summed E-state index contributed by atoms with van der Waals surface area (Å²) in [7, 11) is 0. The monoisotopic (exact) mass is 431 g/mol. The van der Waals surface area contributed by atoms with Crippen LogP contribution < -0.4 is 9.64 Å². The van der Waals surface area contributed by atoms with E-state index in [2.05, 4.69) is 0 Å². The maximum Gasteiger partial charge on any atom is 0.300 e. The van der Waals surface area contributed by atoms with Gasteiger partial charge in [0.05, 0.1) is 18.4 Å². The number of anilines is 1. The molecule has 1 fully saturated rings. The molecule has 0 radical (unpaired) electrons. The summed E-state index contributed by atoms with van der Waals surface area (Å²) in [6.07, 6.45) is 1.48. The minimum absolute atomic E-state index is 0.00679. The summed E-state index contributed by atoms with van der Waals surface area (Å²) < 4.78 is 11.3. The molecule has 0 saturated carbocycles. The Labute approximate surface area is 186 Å². The number of amides is 1. The molecule has 1 aliphatic rings. The van der Waals surface area contributed by atoms with Crippen molar-refractivity contribution in [2.24, 2.45) is 0 Å². The number of carbonyl (C=O) groups excluding carboxylic acids is 2. The zero-order valence-electron chi connectivity index (χ0n) is 18.2. The standard InChI is InChI=1S/C26H25NO5/c1-4-31-20-13-12-17(15-19(20)16(2)3)24(28)22-23(21-11-8-14-32-21)27(26(30)25(22)29)18-9-6-5-7-10-18/h5-16,23,28H,4H2,1-3H3/b24-22-. The summed E-state index contributed by atoms with van der Waals surface area (Å²) in [5.74, 6) is -0.456. The quantitative estimate of drug-likeness (QED) is 0.320. The molecule has 1 atom stereocenters. The van der Waals surface area contributed by atoms with E-state index in [0.29, 0.717) is 23.6 Å². The number of rotatable bonds is 6. The van der Waals surface area contributed by atoms with E-state index >= 15 is 0 Å². The smallest absolute Gasteiger partial charge is 0.300 e. The fourth-order valence-electron chi connectivity index (χ4n) is 3.99. The molecule has 32 heavy (non-hydrogen) atoms. The van der Waals surface area contributed by atoms with Crippen LogP contribution in [0, 0.1) is 0 Å². The highest BCUT2D eigenvalue weighted by Crippen LogP contribution is 2.42. The Morgan fingerprint density at radius 3 is 2.47 bits per heavy atom. The number of benzene rings is 2. The van der Waals surface area contributed by atoms with E-state index in [0.717, 1.165) is 11.3 Å². The van der Waals surface area contributed by atoms with Gasteiger partial charge in [0.1, 0.15) is 23.3 Å². The van der Waals surface area contributed by atoms with Gasteiger partial charge in [-0.25, -0.2) is 0 Å². The lowest BCUT2D eigenvalue weighted by molar-refractivity contribution is -0.132. The molecule has 6 nitrogen and oxygen atoms in total. The predicted octanol–water partition coefficient (Wildman–Crippen LogP) is 5.43. The van der Waals surface area contributed by atoms with E-state index in [9.17, 15) is 14.7 Å². The van der Waals surface area contributed by atoms with Crippen LogP contribution in [-0.4, -0.2) is 23.4 Å². The molecule has 2 aromatic carbocycles. The first kappa shape index (κ1) is 21.4. The fraction of sp³-hybridized carbons (Fsp3) is 0.231. The van der Waals surface area contributed by atoms with E-state index in [-0.39, 0.29) is 17.3 Å². The first-order valence-corrected chi connectivity index (χ1v) is 10.6. The zero-order valence-corrected chi connectivity index (χ0v) is 18.2. The molecule has 1 N–H and O–H groups in total. The molecule has 6 heteroatoms. The first-order valence-electron chi connectivity index (χ1n) is 10.6. The van der Waals surface area contributed by atoms with Crippen molar-refractivity contribution in [3.8, 4) is 5.75 Å². The van der Waals surface area contributed by atoms with Crippen LogP contribution >= 0.6 is 0 Å². The average Bonchev–Trinajstić information content (AvgIpc) is 3.41. The Bertz CT molecular complexity index is 1160. The highest BCUT2D eigenvalue weighted by Gasteiger charge is 2.48. The molecule has 1 unspecified atom stereocenters. The van der Waals surface area contributed by atoms with Crippen LogP contribution in [-0.2, 0) is 9.59 Å². The van der Waals surface area contributed by atoms with Gasteiger partial charge in [-0.3, -0.25) is 14.5 Å². The van der Waals surface area contributed by atoms with Crippen LogP contribution in [0.15, 0.2) is 76.9 Å².